The molecule has 0 bridgehead atoms. The lowest BCUT2D eigenvalue weighted by Gasteiger charge is -2.26. The van der Waals surface area contributed by atoms with Gasteiger partial charge in [-0.3, -0.25) is 0 Å². The fourth-order valence-corrected chi connectivity index (χ4v) is 3.08. The number of ether oxygens (including phenoxy) is 2. The molecule has 2 N–H and O–H groups in total. The van der Waals surface area contributed by atoms with Crippen LogP contribution in [0.2, 0.25) is 0 Å². The van der Waals surface area contributed by atoms with Gasteiger partial charge in [0.15, 0.2) is 0 Å². The molecule has 2 aromatic carbocycles. The van der Waals surface area contributed by atoms with Crippen molar-refractivity contribution in [1.29, 1.82) is 0 Å². The van der Waals surface area contributed by atoms with E-state index < -0.39 is 5.97 Å². The number of carbonyl (C=O) groups is 1. The second-order valence-electron chi connectivity index (χ2n) is 6.56. The number of hydrogen-bond donors (Lipinski definition) is 3. The van der Waals surface area contributed by atoms with Crippen LogP contribution in [0.1, 0.15) is 23.1 Å². The summed E-state index contributed by atoms with van der Waals surface area (Å²) >= 11 is 4.34. The third-order valence-corrected chi connectivity index (χ3v) is 5.09. The molecule has 0 spiro atoms. The average molecular weight is 390 g/mol. The van der Waals surface area contributed by atoms with Gasteiger partial charge >= 0.3 is 5.97 Å². The van der Waals surface area contributed by atoms with Crippen molar-refractivity contribution in [3.63, 3.8) is 0 Å². The van der Waals surface area contributed by atoms with Gasteiger partial charge < -0.3 is 19.9 Å². The SMILES string of the molecule is COc1cc(C)c(S)c(C)c1.O=C(O)COCC1CCc2ccccc2N1. The van der Waals surface area contributed by atoms with Crippen LogP contribution in [0.4, 0.5) is 5.69 Å². The molecule has 1 aliphatic rings. The van der Waals surface area contributed by atoms with E-state index in [0.29, 0.717) is 6.61 Å². The van der Waals surface area contributed by atoms with E-state index in [2.05, 4.69) is 24.0 Å². The number of anilines is 1. The molecule has 1 heterocycles. The summed E-state index contributed by atoms with van der Waals surface area (Å²) in [6.07, 6.45) is 2.00. The Morgan fingerprint density at radius 2 is 1.93 bits per heavy atom. The van der Waals surface area contributed by atoms with E-state index in [4.69, 9.17) is 14.6 Å². The van der Waals surface area contributed by atoms with E-state index in [0.717, 1.165) is 40.3 Å². The molecule has 1 unspecified atom stereocenters. The fraction of sp³-hybridized carbons (Fsp3) is 0.381. The Balaban J connectivity index is 0.000000208. The first-order valence-electron chi connectivity index (χ1n) is 8.89. The van der Waals surface area contributed by atoms with Crippen LogP contribution in [0.3, 0.4) is 0 Å². The Morgan fingerprint density at radius 3 is 2.56 bits per heavy atom. The van der Waals surface area contributed by atoms with Gasteiger partial charge in [-0.15, -0.1) is 12.6 Å². The highest BCUT2D eigenvalue weighted by Crippen LogP contribution is 2.24. The van der Waals surface area contributed by atoms with Gasteiger partial charge in [0, 0.05) is 16.6 Å². The Kier molecular flexibility index (Phi) is 8.00. The normalized spacial score (nSPS) is 15.0. The fourth-order valence-electron chi connectivity index (χ4n) is 2.95. The first-order chi connectivity index (χ1) is 12.9. The topological polar surface area (TPSA) is 67.8 Å². The van der Waals surface area contributed by atoms with E-state index in [-0.39, 0.29) is 12.6 Å². The van der Waals surface area contributed by atoms with Gasteiger partial charge in [0.25, 0.3) is 0 Å². The number of nitrogens with one attached hydrogen (secondary N) is 1. The van der Waals surface area contributed by atoms with Gasteiger partial charge in [-0.25, -0.2) is 4.79 Å². The minimum Gasteiger partial charge on any atom is -0.497 e. The van der Waals surface area contributed by atoms with E-state index >= 15 is 0 Å². The minimum atomic E-state index is -0.920. The lowest BCUT2D eigenvalue weighted by Crippen LogP contribution is -2.30. The molecule has 27 heavy (non-hydrogen) atoms. The van der Waals surface area contributed by atoms with Gasteiger partial charge in [0.05, 0.1) is 13.7 Å². The molecule has 0 amide bonds. The number of methoxy groups -OCH3 is 1. The molecule has 1 atom stereocenters. The number of benzene rings is 2. The van der Waals surface area contributed by atoms with Gasteiger partial charge in [-0.2, -0.15) is 0 Å². The maximum atomic E-state index is 10.3. The first kappa shape index (κ1) is 21.1. The zero-order valence-corrected chi connectivity index (χ0v) is 16.9. The summed E-state index contributed by atoms with van der Waals surface area (Å²) in [7, 11) is 1.67. The molecule has 2 aromatic rings. The van der Waals surface area contributed by atoms with Gasteiger partial charge in [-0.1, -0.05) is 18.2 Å². The quantitative estimate of drug-likeness (QED) is 0.672. The zero-order valence-electron chi connectivity index (χ0n) is 16.0. The van der Waals surface area contributed by atoms with Crippen molar-refractivity contribution < 1.29 is 19.4 Å². The van der Waals surface area contributed by atoms with Crippen molar-refractivity contribution >= 4 is 24.3 Å². The number of carboxylic acids is 1. The van der Waals surface area contributed by atoms with Crippen LogP contribution in [0.25, 0.3) is 0 Å². The Bertz CT molecular complexity index is 756. The molecule has 1 aliphatic heterocycles. The molecule has 0 aromatic heterocycles. The Hall–Kier alpha value is -2.18. The van der Waals surface area contributed by atoms with Crippen LogP contribution >= 0.6 is 12.6 Å². The molecule has 5 nitrogen and oxygen atoms in total. The summed E-state index contributed by atoms with van der Waals surface area (Å²) in [5, 5.41) is 11.8. The molecule has 0 aliphatic carbocycles. The molecule has 0 saturated carbocycles. The highest BCUT2D eigenvalue weighted by atomic mass is 32.1. The zero-order chi connectivity index (χ0) is 19.8. The summed E-state index contributed by atoms with van der Waals surface area (Å²) in [4.78, 5) is 11.3. The number of hydrogen-bond acceptors (Lipinski definition) is 5. The van der Waals surface area contributed by atoms with E-state index in [1.54, 1.807) is 7.11 Å². The van der Waals surface area contributed by atoms with Crippen LogP contribution in [-0.4, -0.2) is 37.4 Å². The highest BCUT2D eigenvalue weighted by molar-refractivity contribution is 7.80. The van der Waals surface area contributed by atoms with E-state index in [1.165, 1.54) is 5.56 Å². The number of aliphatic carboxylic acids is 1. The smallest absolute Gasteiger partial charge is 0.329 e. The maximum absolute atomic E-state index is 10.3. The van der Waals surface area contributed by atoms with Crippen LogP contribution in [0.15, 0.2) is 41.3 Å². The first-order valence-corrected chi connectivity index (χ1v) is 9.33. The minimum absolute atomic E-state index is 0.217. The van der Waals surface area contributed by atoms with Gasteiger partial charge in [0.2, 0.25) is 0 Å². The van der Waals surface area contributed by atoms with Crippen LogP contribution in [0, 0.1) is 13.8 Å². The molecule has 0 radical (unpaired) electrons. The number of aryl methyl sites for hydroxylation is 3. The molecular formula is C21H27NO4S. The largest absolute Gasteiger partial charge is 0.497 e. The van der Waals surface area contributed by atoms with Crippen LogP contribution in [-0.2, 0) is 16.0 Å². The average Bonchev–Trinajstić information content (AvgIpc) is 2.66. The van der Waals surface area contributed by atoms with Gasteiger partial charge in [-0.05, 0) is 61.6 Å². The van der Waals surface area contributed by atoms with Crippen molar-refractivity contribution in [2.24, 2.45) is 0 Å². The second-order valence-corrected chi connectivity index (χ2v) is 7.00. The van der Waals surface area contributed by atoms with Crippen molar-refractivity contribution in [2.45, 2.75) is 37.6 Å². The number of para-hydroxylation sites is 1. The molecule has 146 valence electrons. The summed E-state index contributed by atoms with van der Waals surface area (Å²) in [6, 6.07) is 12.3. The van der Waals surface area contributed by atoms with Gasteiger partial charge in [0.1, 0.15) is 12.4 Å². The maximum Gasteiger partial charge on any atom is 0.329 e. The third kappa shape index (κ3) is 6.48. The summed E-state index contributed by atoms with van der Waals surface area (Å²) in [6.45, 7) is 4.27. The molecule has 3 rings (SSSR count). The monoisotopic (exact) mass is 389 g/mol. The lowest BCUT2D eigenvalue weighted by atomic mass is 9.99. The molecule has 0 fully saturated rings. The predicted octanol–water partition coefficient (Wildman–Crippen LogP) is 4.12. The second kappa shape index (κ2) is 10.2. The molecule has 6 heteroatoms. The number of fused-ring (bicyclic) bond motifs is 1. The highest BCUT2D eigenvalue weighted by Gasteiger charge is 2.17. The standard InChI is InChI=1S/C12H15NO3.C9H12OS/c14-12(15)8-16-7-10-6-5-9-3-1-2-4-11(9)13-10;1-6-4-8(10-3)5-7(2)9(6)11/h1-4,10,13H,5-8H2,(H,14,15);4-5,11H,1-3H3. The molecule has 0 saturated heterocycles. The van der Waals surface area contributed by atoms with Crippen LogP contribution in [0.5, 0.6) is 5.75 Å². The Morgan fingerprint density at radius 1 is 1.26 bits per heavy atom. The number of thiol groups is 1. The van der Waals surface area contributed by atoms with Crippen molar-refractivity contribution in [3.8, 4) is 5.75 Å². The van der Waals surface area contributed by atoms with Crippen molar-refractivity contribution in [3.05, 3.63) is 53.1 Å². The van der Waals surface area contributed by atoms with Crippen molar-refractivity contribution in [2.75, 3.05) is 25.6 Å². The number of carboxylic acid groups (broad SMARTS) is 1. The summed E-state index contributed by atoms with van der Waals surface area (Å²) in [5.41, 5.74) is 4.77. The Labute approximate surface area is 166 Å². The summed E-state index contributed by atoms with van der Waals surface area (Å²) in [5.74, 6) is -0.0194. The van der Waals surface area contributed by atoms with E-state index in [1.807, 2.05) is 44.2 Å². The lowest BCUT2D eigenvalue weighted by molar-refractivity contribution is -0.142. The van der Waals surface area contributed by atoms with Crippen LogP contribution < -0.4 is 10.1 Å². The predicted molar refractivity (Wildman–Crippen MR) is 110 cm³/mol. The third-order valence-electron chi connectivity index (χ3n) is 4.38. The molecular weight excluding hydrogens is 362 g/mol. The number of rotatable bonds is 5. The summed E-state index contributed by atoms with van der Waals surface area (Å²) < 4.78 is 10.2. The van der Waals surface area contributed by atoms with E-state index in [9.17, 15) is 4.79 Å². The van der Waals surface area contributed by atoms with Crippen molar-refractivity contribution in [1.82, 2.24) is 0 Å².